The van der Waals surface area contributed by atoms with Gasteiger partial charge in [0.05, 0.1) is 12.0 Å². The van der Waals surface area contributed by atoms with Gasteiger partial charge in [-0.1, -0.05) is 6.42 Å². The van der Waals surface area contributed by atoms with E-state index in [1.165, 1.54) is 45.3 Å². The van der Waals surface area contributed by atoms with Crippen LogP contribution < -0.4 is 9.46 Å². The van der Waals surface area contributed by atoms with Gasteiger partial charge in [-0.3, -0.25) is 4.90 Å². The van der Waals surface area contributed by atoms with Crippen LogP contribution in [0.4, 0.5) is 0 Å². The third-order valence-corrected chi connectivity index (χ3v) is 8.27. The summed E-state index contributed by atoms with van der Waals surface area (Å²) >= 11 is 0. The summed E-state index contributed by atoms with van der Waals surface area (Å²) in [7, 11) is -1.90. The zero-order valence-electron chi connectivity index (χ0n) is 16.8. The summed E-state index contributed by atoms with van der Waals surface area (Å²) in [6, 6.07) is 6.90. The molecule has 0 saturated carbocycles. The van der Waals surface area contributed by atoms with E-state index in [0.717, 1.165) is 31.3 Å². The molecule has 156 valence electrons. The van der Waals surface area contributed by atoms with Crippen molar-refractivity contribution in [3.63, 3.8) is 0 Å². The number of methoxy groups -OCH3 is 1. The summed E-state index contributed by atoms with van der Waals surface area (Å²) in [6.45, 7) is 6.47. The van der Waals surface area contributed by atoms with E-state index in [9.17, 15) is 8.42 Å². The molecule has 4 aliphatic heterocycles. The Hall–Kier alpha value is -1.15. The molecule has 4 heterocycles. The maximum atomic E-state index is 12.6. The SMILES string of the molecule is COc1ccc(S(=O)(=O)NC[C@H]2C[C@@H]3CCN2C[C@@H]3CN2CCCCC2)cc1. The quantitative estimate of drug-likeness (QED) is 0.751. The molecule has 1 N–H and O–H groups in total. The minimum Gasteiger partial charge on any atom is -0.497 e. The van der Waals surface area contributed by atoms with Gasteiger partial charge in [0.25, 0.3) is 0 Å². The lowest BCUT2D eigenvalue weighted by molar-refractivity contribution is -0.0122. The minimum absolute atomic E-state index is 0.298. The van der Waals surface area contributed by atoms with Gasteiger partial charge in [-0.05, 0) is 81.4 Å². The van der Waals surface area contributed by atoms with Crippen molar-refractivity contribution in [1.82, 2.24) is 14.5 Å². The molecular weight excluding hydrogens is 374 g/mol. The zero-order valence-corrected chi connectivity index (χ0v) is 17.7. The van der Waals surface area contributed by atoms with Crippen LogP contribution in [0.15, 0.2) is 29.2 Å². The number of hydrogen-bond acceptors (Lipinski definition) is 5. The number of hydrogen-bond donors (Lipinski definition) is 1. The summed E-state index contributed by atoms with van der Waals surface area (Å²) in [6.07, 6.45) is 6.45. The lowest BCUT2D eigenvalue weighted by Gasteiger charge is -2.51. The number of ether oxygens (including phenoxy) is 1. The molecule has 7 heteroatoms. The Morgan fingerprint density at radius 1 is 1.11 bits per heavy atom. The fourth-order valence-electron chi connectivity index (χ4n) is 5.19. The van der Waals surface area contributed by atoms with Gasteiger partial charge in [-0.15, -0.1) is 0 Å². The Balaban J connectivity index is 1.31. The number of sulfonamides is 1. The number of fused-ring (bicyclic) bond motifs is 3. The smallest absolute Gasteiger partial charge is 0.240 e. The molecule has 0 amide bonds. The molecule has 1 aromatic rings. The number of rotatable bonds is 7. The molecule has 28 heavy (non-hydrogen) atoms. The van der Waals surface area contributed by atoms with Crippen molar-refractivity contribution in [2.24, 2.45) is 11.8 Å². The topological polar surface area (TPSA) is 61.9 Å². The molecule has 4 atom stereocenters. The molecule has 4 saturated heterocycles. The standard InChI is InChI=1S/C21H33N3O3S/c1-27-20-5-7-21(8-6-20)28(25,26)22-14-19-13-17-9-12-24(19)16-18(17)15-23-10-3-2-4-11-23/h5-8,17-19,22H,2-4,9-16H2,1H3/t17-,18-,19+/m0/s1. The average Bonchev–Trinajstić information content (AvgIpc) is 2.74. The molecule has 4 aliphatic rings. The molecule has 0 aromatic heterocycles. The van der Waals surface area contributed by atoms with Gasteiger partial charge in [-0.2, -0.15) is 0 Å². The van der Waals surface area contributed by atoms with Crippen LogP contribution in [0.5, 0.6) is 5.75 Å². The van der Waals surface area contributed by atoms with E-state index < -0.39 is 10.0 Å². The Bertz CT molecular complexity index is 747. The first kappa shape index (κ1) is 20.1. The van der Waals surface area contributed by atoms with Crippen LogP contribution in [0.1, 0.15) is 32.1 Å². The van der Waals surface area contributed by atoms with Crippen LogP contribution >= 0.6 is 0 Å². The largest absolute Gasteiger partial charge is 0.497 e. The molecule has 2 bridgehead atoms. The Morgan fingerprint density at radius 3 is 2.50 bits per heavy atom. The summed E-state index contributed by atoms with van der Waals surface area (Å²) < 4.78 is 33.2. The van der Waals surface area contributed by atoms with Crippen molar-refractivity contribution in [2.45, 2.75) is 43.0 Å². The lowest BCUT2D eigenvalue weighted by Crippen LogP contribution is -2.58. The zero-order chi connectivity index (χ0) is 19.6. The first-order valence-corrected chi connectivity index (χ1v) is 12.1. The van der Waals surface area contributed by atoms with E-state index >= 15 is 0 Å². The third kappa shape index (κ3) is 4.53. The van der Waals surface area contributed by atoms with E-state index in [1.807, 2.05) is 0 Å². The van der Waals surface area contributed by atoms with E-state index in [2.05, 4.69) is 14.5 Å². The van der Waals surface area contributed by atoms with Crippen molar-refractivity contribution < 1.29 is 13.2 Å². The van der Waals surface area contributed by atoms with Crippen LogP contribution in [0.25, 0.3) is 0 Å². The highest BCUT2D eigenvalue weighted by molar-refractivity contribution is 7.89. The van der Waals surface area contributed by atoms with Crippen LogP contribution in [0, 0.1) is 11.8 Å². The molecule has 1 aromatic carbocycles. The maximum Gasteiger partial charge on any atom is 0.240 e. The van der Waals surface area contributed by atoms with Crippen LogP contribution in [-0.2, 0) is 10.0 Å². The maximum absolute atomic E-state index is 12.6. The van der Waals surface area contributed by atoms with Crippen LogP contribution in [0.3, 0.4) is 0 Å². The van der Waals surface area contributed by atoms with Gasteiger partial charge in [0.15, 0.2) is 0 Å². The van der Waals surface area contributed by atoms with Gasteiger partial charge in [0.2, 0.25) is 10.0 Å². The number of benzene rings is 1. The number of likely N-dealkylation sites (tertiary alicyclic amines) is 1. The second-order valence-corrected chi connectivity index (χ2v) is 10.3. The lowest BCUT2D eigenvalue weighted by atomic mass is 9.75. The van der Waals surface area contributed by atoms with Gasteiger partial charge in [0, 0.05) is 25.7 Å². The molecule has 1 unspecified atom stereocenters. The predicted octanol–water partition coefficient (Wildman–Crippen LogP) is 2.17. The van der Waals surface area contributed by atoms with Gasteiger partial charge < -0.3 is 9.64 Å². The molecule has 5 rings (SSSR count). The second kappa shape index (κ2) is 8.69. The van der Waals surface area contributed by atoms with E-state index in [1.54, 1.807) is 31.4 Å². The Morgan fingerprint density at radius 2 is 1.86 bits per heavy atom. The third-order valence-electron chi connectivity index (χ3n) is 6.83. The van der Waals surface area contributed by atoms with Crippen molar-refractivity contribution in [2.75, 3.05) is 46.4 Å². The van der Waals surface area contributed by atoms with Gasteiger partial charge in [-0.25, -0.2) is 13.1 Å². The Kier molecular flexibility index (Phi) is 6.25. The second-order valence-electron chi connectivity index (χ2n) is 8.58. The van der Waals surface area contributed by atoms with Crippen LogP contribution in [0.2, 0.25) is 0 Å². The normalized spacial score (nSPS) is 31.0. The van der Waals surface area contributed by atoms with E-state index in [-0.39, 0.29) is 0 Å². The molecular formula is C21H33N3O3S. The number of nitrogens with zero attached hydrogens (tertiary/aromatic N) is 2. The van der Waals surface area contributed by atoms with Crippen LogP contribution in [-0.4, -0.2) is 70.6 Å². The fourth-order valence-corrected chi connectivity index (χ4v) is 6.26. The molecule has 6 nitrogen and oxygen atoms in total. The summed E-state index contributed by atoms with van der Waals surface area (Å²) in [5.41, 5.74) is 0. The predicted molar refractivity (Wildman–Crippen MR) is 110 cm³/mol. The first-order valence-electron chi connectivity index (χ1n) is 10.7. The molecule has 0 spiro atoms. The van der Waals surface area contributed by atoms with Crippen molar-refractivity contribution in [3.05, 3.63) is 24.3 Å². The Labute approximate surface area is 169 Å². The summed E-state index contributed by atoms with van der Waals surface area (Å²) in [5, 5.41) is 0. The molecule has 0 aliphatic carbocycles. The van der Waals surface area contributed by atoms with Crippen molar-refractivity contribution in [1.29, 1.82) is 0 Å². The summed E-state index contributed by atoms with van der Waals surface area (Å²) in [4.78, 5) is 5.47. The highest BCUT2D eigenvalue weighted by atomic mass is 32.2. The van der Waals surface area contributed by atoms with Gasteiger partial charge >= 0.3 is 0 Å². The molecule has 4 fully saturated rings. The highest BCUT2D eigenvalue weighted by Crippen LogP contribution is 2.37. The minimum atomic E-state index is -3.48. The summed E-state index contributed by atoms with van der Waals surface area (Å²) in [5.74, 6) is 2.15. The first-order chi connectivity index (χ1) is 13.5. The highest BCUT2D eigenvalue weighted by Gasteiger charge is 2.40. The van der Waals surface area contributed by atoms with Crippen molar-refractivity contribution in [3.8, 4) is 5.75 Å². The van der Waals surface area contributed by atoms with Gasteiger partial charge in [0.1, 0.15) is 5.75 Å². The molecule has 0 radical (unpaired) electrons. The van der Waals surface area contributed by atoms with E-state index in [0.29, 0.717) is 23.2 Å². The van der Waals surface area contributed by atoms with E-state index in [4.69, 9.17) is 4.74 Å². The number of piperidine rings is 4. The fraction of sp³-hybridized carbons (Fsp3) is 0.714. The number of nitrogens with one attached hydrogen (secondary N) is 1. The van der Waals surface area contributed by atoms with Crippen molar-refractivity contribution >= 4 is 10.0 Å². The monoisotopic (exact) mass is 407 g/mol. The average molecular weight is 408 g/mol.